The first-order valence-electron chi connectivity index (χ1n) is 6.82. The zero-order valence-corrected chi connectivity index (χ0v) is 12.7. The molecule has 2 nitrogen and oxygen atoms in total. The van der Waals surface area contributed by atoms with Crippen LogP contribution in [0, 0.1) is 17.3 Å². The lowest BCUT2D eigenvalue weighted by molar-refractivity contribution is -0.120. The Balaban J connectivity index is 1.94. The van der Waals surface area contributed by atoms with Crippen molar-refractivity contribution in [3.05, 3.63) is 16.3 Å². The number of hydrogen-bond acceptors (Lipinski definition) is 3. The SMILES string of the molecule is CC(C)(C)C#Cc1cc(NC2CCC(=O)CC2)cs1. The average Bonchev–Trinajstić information content (AvgIpc) is 2.77. The van der Waals surface area contributed by atoms with Gasteiger partial charge in [-0.2, -0.15) is 0 Å². The van der Waals surface area contributed by atoms with Crippen LogP contribution in [0.15, 0.2) is 11.4 Å². The molecule has 1 N–H and O–H groups in total. The molecule has 1 aromatic rings. The fourth-order valence-corrected chi connectivity index (χ4v) is 2.74. The first-order chi connectivity index (χ1) is 8.92. The van der Waals surface area contributed by atoms with Gasteiger partial charge in [0.05, 0.1) is 4.88 Å². The van der Waals surface area contributed by atoms with Crippen molar-refractivity contribution in [1.82, 2.24) is 0 Å². The zero-order chi connectivity index (χ0) is 13.9. The number of anilines is 1. The van der Waals surface area contributed by atoms with E-state index >= 15 is 0 Å². The van der Waals surface area contributed by atoms with Crippen molar-refractivity contribution >= 4 is 22.8 Å². The Kier molecular flexibility index (Phi) is 4.31. The summed E-state index contributed by atoms with van der Waals surface area (Å²) in [6, 6.07) is 2.55. The van der Waals surface area contributed by atoms with Crippen LogP contribution in [0.5, 0.6) is 0 Å². The van der Waals surface area contributed by atoms with Crippen molar-refractivity contribution in [3.63, 3.8) is 0 Å². The molecule has 0 saturated heterocycles. The fraction of sp³-hybridized carbons (Fsp3) is 0.562. The molecule has 0 aromatic carbocycles. The molecular weight excluding hydrogens is 254 g/mol. The lowest BCUT2D eigenvalue weighted by Crippen LogP contribution is -2.25. The fourth-order valence-electron chi connectivity index (χ4n) is 2.05. The molecule has 19 heavy (non-hydrogen) atoms. The summed E-state index contributed by atoms with van der Waals surface area (Å²) < 4.78 is 0. The molecule has 0 aliphatic heterocycles. The van der Waals surface area contributed by atoms with E-state index in [0.717, 1.165) is 36.2 Å². The van der Waals surface area contributed by atoms with Gasteiger partial charge in [0.25, 0.3) is 0 Å². The van der Waals surface area contributed by atoms with Crippen LogP contribution in [0.1, 0.15) is 51.3 Å². The van der Waals surface area contributed by atoms with Crippen LogP contribution in [0.3, 0.4) is 0 Å². The van der Waals surface area contributed by atoms with Gasteiger partial charge in [0.2, 0.25) is 0 Å². The molecule has 1 aliphatic carbocycles. The van der Waals surface area contributed by atoms with Crippen LogP contribution >= 0.6 is 11.3 Å². The van der Waals surface area contributed by atoms with Crippen LogP contribution in [-0.4, -0.2) is 11.8 Å². The molecule has 0 atom stereocenters. The average molecular weight is 275 g/mol. The number of ketones is 1. The standard InChI is InChI=1S/C16H21NOS/c1-16(2,3)9-8-15-10-13(11-19-15)17-12-4-6-14(18)7-5-12/h10-12,17H,4-7H2,1-3H3. The molecule has 0 radical (unpaired) electrons. The molecule has 0 amide bonds. The minimum Gasteiger partial charge on any atom is -0.382 e. The van der Waals surface area contributed by atoms with Gasteiger partial charge in [-0.05, 0) is 39.7 Å². The van der Waals surface area contributed by atoms with Gasteiger partial charge >= 0.3 is 0 Å². The highest BCUT2D eigenvalue weighted by Crippen LogP contribution is 2.24. The van der Waals surface area contributed by atoms with Gasteiger partial charge in [-0.15, -0.1) is 11.3 Å². The van der Waals surface area contributed by atoms with E-state index in [1.807, 2.05) is 0 Å². The molecule has 1 aromatic heterocycles. The van der Waals surface area contributed by atoms with E-state index in [1.165, 1.54) is 0 Å². The molecule has 102 valence electrons. The van der Waals surface area contributed by atoms with Crippen molar-refractivity contribution in [2.24, 2.45) is 5.41 Å². The number of rotatable bonds is 2. The highest BCUT2D eigenvalue weighted by molar-refractivity contribution is 7.11. The highest BCUT2D eigenvalue weighted by atomic mass is 32.1. The van der Waals surface area contributed by atoms with Crippen LogP contribution in [0.4, 0.5) is 5.69 Å². The quantitative estimate of drug-likeness (QED) is 0.824. The van der Waals surface area contributed by atoms with Gasteiger partial charge in [0, 0.05) is 35.4 Å². The number of thiophene rings is 1. The smallest absolute Gasteiger partial charge is 0.133 e. The molecule has 0 bridgehead atoms. The van der Waals surface area contributed by atoms with Gasteiger partial charge in [0.15, 0.2) is 0 Å². The first kappa shape index (κ1) is 14.1. The third kappa shape index (κ3) is 4.72. The summed E-state index contributed by atoms with van der Waals surface area (Å²) in [4.78, 5) is 12.3. The Labute approximate surface area is 119 Å². The highest BCUT2D eigenvalue weighted by Gasteiger charge is 2.18. The number of carbonyl (C=O) groups is 1. The predicted molar refractivity (Wildman–Crippen MR) is 81.5 cm³/mol. The molecule has 2 rings (SSSR count). The van der Waals surface area contributed by atoms with Gasteiger partial charge < -0.3 is 5.32 Å². The summed E-state index contributed by atoms with van der Waals surface area (Å²) in [5, 5.41) is 5.62. The number of hydrogen-bond donors (Lipinski definition) is 1. The third-order valence-corrected chi connectivity index (χ3v) is 3.92. The second-order valence-corrected chi connectivity index (χ2v) is 7.07. The molecular formula is C16H21NOS. The summed E-state index contributed by atoms with van der Waals surface area (Å²) in [5.74, 6) is 6.88. The normalized spacial score (nSPS) is 16.9. The van der Waals surface area contributed by atoms with Crippen LogP contribution in [0.25, 0.3) is 0 Å². The maximum Gasteiger partial charge on any atom is 0.133 e. The van der Waals surface area contributed by atoms with Gasteiger partial charge in [-0.25, -0.2) is 0 Å². The van der Waals surface area contributed by atoms with E-state index in [2.05, 4.69) is 49.4 Å². The molecule has 0 spiro atoms. The van der Waals surface area contributed by atoms with Crippen molar-refractivity contribution < 1.29 is 4.79 Å². The van der Waals surface area contributed by atoms with E-state index < -0.39 is 0 Å². The minimum atomic E-state index is 0.0430. The maximum atomic E-state index is 11.2. The third-order valence-electron chi connectivity index (χ3n) is 3.07. The van der Waals surface area contributed by atoms with Crippen LogP contribution in [-0.2, 0) is 4.79 Å². The lowest BCUT2D eigenvalue weighted by Gasteiger charge is -2.22. The summed E-state index contributed by atoms with van der Waals surface area (Å²) >= 11 is 1.68. The topological polar surface area (TPSA) is 29.1 Å². The van der Waals surface area contributed by atoms with E-state index in [4.69, 9.17) is 0 Å². The molecule has 1 heterocycles. The Hall–Kier alpha value is -1.27. The van der Waals surface area contributed by atoms with E-state index in [-0.39, 0.29) is 5.41 Å². The number of Topliss-reactive ketones (excluding diaryl/α,β-unsaturated/α-hetero) is 1. The zero-order valence-electron chi connectivity index (χ0n) is 11.9. The summed E-state index contributed by atoms with van der Waals surface area (Å²) in [6.45, 7) is 6.35. The van der Waals surface area contributed by atoms with Crippen molar-refractivity contribution in [1.29, 1.82) is 0 Å². The van der Waals surface area contributed by atoms with Gasteiger partial charge in [-0.1, -0.05) is 11.8 Å². The molecule has 1 aliphatic rings. The van der Waals surface area contributed by atoms with Crippen LogP contribution in [0.2, 0.25) is 0 Å². The second-order valence-electron chi connectivity index (χ2n) is 6.16. The van der Waals surface area contributed by atoms with Crippen molar-refractivity contribution in [3.8, 4) is 11.8 Å². The Bertz CT molecular complexity index is 503. The Morgan fingerprint density at radius 1 is 1.32 bits per heavy atom. The van der Waals surface area contributed by atoms with E-state index in [1.54, 1.807) is 11.3 Å². The van der Waals surface area contributed by atoms with Crippen molar-refractivity contribution in [2.45, 2.75) is 52.5 Å². The van der Waals surface area contributed by atoms with Crippen molar-refractivity contribution in [2.75, 3.05) is 5.32 Å². The van der Waals surface area contributed by atoms with Crippen LogP contribution < -0.4 is 5.32 Å². The largest absolute Gasteiger partial charge is 0.382 e. The van der Waals surface area contributed by atoms with Gasteiger partial charge in [-0.3, -0.25) is 4.79 Å². The second kappa shape index (κ2) is 5.79. The molecule has 1 saturated carbocycles. The van der Waals surface area contributed by atoms with Gasteiger partial charge in [0.1, 0.15) is 5.78 Å². The molecule has 1 fully saturated rings. The summed E-state index contributed by atoms with van der Waals surface area (Å²) in [5.41, 5.74) is 1.18. The van der Waals surface area contributed by atoms with E-state index in [0.29, 0.717) is 11.8 Å². The first-order valence-corrected chi connectivity index (χ1v) is 7.70. The molecule has 0 unspecified atom stereocenters. The molecule has 3 heteroatoms. The van der Waals surface area contributed by atoms with E-state index in [9.17, 15) is 4.79 Å². The maximum absolute atomic E-state index is 11.2. The number of nitrogens with one attached hydrogen (secondary N) is 1. The summed E-state index contributed by atoms with van der Waals surface area (Å²) in [6.07, 6.45) is 3.35. The number of carbonyl (C=O) groups excluding carboxylic acids is 1. The summed E-state index contributed by atoms with van der Waals surface area (Å²) in [7, 11) is 0. The monoisotopic (exact) mass is 275 g/mol. The Morgan fingerprint density at radius 2 is 2.00 bits per heavy atom. The minimum absolute atomic E-state index is 0.0430. The lowest BCUT2D eigenvalue weighted by atomic mass is 9.94. The Morgan fingerprint density at radius 3 is 2.63 bits per heavy atom. The predicted octanol–water partition coefficient (Wildman–Crippen LogP) is 4.07.